The van der Waals surface area contributed by atoms with Crippen molar-refractivity contribution in [3.05, 3.63) is 34.9 Å². The molecule has 2 rings (SSSR count). The zero-order valence-electron chi connectivity index (χ0n) is 8.19. The highest BCUT2D eigenvalue weighted by Gasteiger charge is 2.25. The minimum atomic E-state index is -0.620. The summed E-state index contributed by atoms with van der Waals surface area (Å²) in [6, 6.07) is 7.24. The molecule has 0 radical (unpaired) electrons. The Morgan fingerprint density at radius 3 is 3.13 bits per heavy atom. The third-order valence-corrected chi connectivity index (χ3v) is 2.19. The van der Waals surface area contributed by atoms with Crippen molar-refractivity contribution in [2.45, 2.75) is 19.8 Å². The number of fused-ring (bicyclic) bond motifs is 1. The van der Waals surface area contributed by atoms with Crippen molar-refractivity contribution in [3.63, 3.8) is 0 Å². The maximum absolute atomic E-state index is 10.8. The summed E-state index contributed by atoms with van der Waals surface area (Å²) < 4.78 is 10.2. The monoisotopic (exact) mass is 203 g/mol. The molecule has 0 bridgehead atoms. The van der Waals surface area contributed by atoms with Gasteiger partial charge in [-0.25, -0.2) is 0 Å². The number of carbonyl (C=O) groups excluding carboxylic acids is 1. The van der Waals surface area contributed by atoms with E-state index in [-0.39, 0.29) is 5.97 Å². The second-order valence-electron chi connectivity index (χ2n) is 3.28. The number of nitrogens with zero attached hydrogens (tertiary/aromatic N) is 1. The molecule has 0 amide bonds. The lowest BCUT2D eigenvalue weighted by molar-refractivity contribution is -0.175. The molecular formula is C11H9NO3. The molecular weight excluding hydrogens is 194 g/mol. The first-order valence-electron chi connectivity index (χ1n) is 4.52. The summed E-state index contributed by atoms with van der Waals surface area (Å²) in [6.07, 6.45) is -0.620. The Morgan fingerprint density at radius 1 is 1.67 bits per heavy atom. The summed E-state index contributed by atoms with van der Waals surface area (Å²) in [4.78, 5) is 10.8. The maximum atomic E-state index is 10.8. The van der Waals surface area contributed by atoms with Crippen LogP contribution in [0.4, 0.5) is 0 Å². The van der Waals surface area contributed by atoms with E-state index in [4.69, 9.17) is 14.7 Å². The average Bonchev–Trinajstić information content (AvgIpc) is 2.60. The van der Waals surface area contributed by atoms with Gasteiger partial charge in [0.25, 0.3) is 0 Å². The van der Waals surface area contributed by atoms with Crippen molar-refractivity contribution in [1.29, 1.82) is 5.26 Å². The Morgan fingerprint density at radius 2 is 2.47 bits per heavy atom. The van der Waals surface area contributed by atoms with Crippen LogP contribution in [0.3, 0.4) is 0 Å². The highest BCUT2D eigenvalue weighted by molar-refractivity contribution is 5.66. The van der Waals surface area contributed by atoms with E-state index in [0.717, 1.165) is 11.1 Å². The highest BCUT2D eigenvalue weighted by Crippen LogP contribution is 2.31. The number of benzene rings is 1. The number of esters is 1. The van der Waals surface area contributed by atoms with Gasteiger partial charge in [0.2, 0.25) is 6.29 Å². The van der Waals surface area contributed by atoms with Crippen molar-refractivity contribution in [2.75, 3.05) is 0 Å². The van der Waals surface area contributed by atoms with E-state index >= 15 is 0 Å². The lowest BCUT2D eigenvalue weighted by Gasteiger charge is -2.10. The lowest BCUT2D eigenvalue weighted by atomic mass is 10.1. The fourth-order valence-corrected chi connectivity index (χ4v) is 1.53. The Hall–Kier alpha value is -1.86. The van der Waals surface area contributed by atoms with Gasteiger partial charge in [0, 0.05) is 12.5 Å². The number of hydrogen-bond donors (Lipinski definition) is 0. The molecule has 0 aromatic heterocycles. The molecule has 0 aliphatic carbocycles. The third-order valence-electron chi connectivity index (χ3n) is 2.19. The van der Waals surface area contributed by atoms with Crippen molar-refractivity contribution in [1.82, 2.24) is 0 Å². The minimum absolute atomic E-state index is 0.378. The van der Waals surface area contributed by atoms with Gasteiger partial charge in [0.05, 0.1) is 18.2 Å². The minimum Gasteiger partial charge on any atom is -0.431 e. The van der Waals surface area contributed by atoms with Crippen molar-refractivity contribution in [3.8, 4) is 6.07 Å². The molecule has 1 heterocycles. The second-order valence-corrected chi connectivity index (χ2v) is 3.28. The molecule has 4 nitrogen and oxygen atoms in total. The van der Waals surface area contributed by atoms with Crippen LogP contribution in [0.2, 0.25) is 0 Å². The van der Waals surface area contributed by atoms with Gasteiger partial charge in [-0.05, 0) is 17.7 Å². The van der Waals surface area contributed by atoms with Crippen LogP contribution >= 0.6 is 0 Å². The fourth-order valence-electron chi connectivity index (χ4n) is 1.53. The van der Waals surface area contributed by atoms with Gasteiger partial charge in [-0.2, -0.15) is 5.26 Å². The van der Waals surface area contributed by atoms with Crippen LogP contribution in [-0.4, -0.2) is 5.97 Å². The van der Waals surface area contributed by atoms with Gasteiger partial charge in [-0.15, -0.1) is 0 Å². The quantitative estimate of drug-likeness (QED) is 0.651. The Bertz CT molecular complexity index is 448. The summed E-state index contributed by atoms with van der Waals surface area (Å²) in [5.74, 6) is -0.378. The maximum Gasteiger partial charge on any atom is 0.305 e. The molecule has 1 aliphatic rings. The van der Waals surface area contributed by atoms with E-state index in [1.165, 1.54) is 6.92 Å². The SMILES string of the molecule is CC(=O)OC1OCc2cc(C#N)ccc21. The molecule has 0 spiro atoms. The van der Waals surface area contributed by atoms with Crippen LogP contribution < -0.4 is 0 Å². The number of rotatable bonds is 1. The number of nitriles is 1. The molecule has 1 atom stereocenters. The van der Waals surface area contributed by atoms with E-state index in [2.05, 4.69) is 0 Å². The van der Waals surface area contributed by atoms with Crippen molar-refractivity contribution in [2.24, 2.45) is 0 Å². The first-order chi connectivity index (χ1) is 7.20. The van der Waals surface area contributed by atoms with Gasteiger partial charge >= 0.3 is 5.97 Å². The highest BCUT2D eigenvalue weighted by atomic mass is 16.7. The zero-order chi connectivity index (χ0) is 10.8. The van der Waals surface area contributed by atoms with E-state index in [1.807, 2.05) is 6.07 Å². The van der Waals surface area contributed by atoms with E-state index < -0.39 is 6.29 Å². The molecule has 76 valence electrons. The molecule has 1 unspecified atom stereocenters. The van der Waals surface area contributed by atoms with Crippen LogP contribution in [-0.2, 0) is 20.9 Å². The van der Waals surface area contributed by atoms with Crippen LogP contribution in [0.1, 0.15) is 29.9 Å². The largest absolute Gasteiger partial charge is 0.431 e. The molecule has 0 fully saturated rings. The molecule has 15 heavy (non-hydrogen) atoms. The molecule has 0 saturated heterocycles. The molecule has 0 saturated carbocycles. The van der Waals surface area contributed by atoms with E-state index in [1.54, 1.807) is 18.2 Å². The Balaban J connectivity index is 2.29. The summed E-state index contributed by atoms with van der Waals surface area (Å²) in [7, 11) is 0. The van der Waals surface area contributed by atoms with Crippen molar-refractivity contribution < 1.29 is 14.3 Å². The van der Waals surface area contributed by atoms with Gasteiger partial charge in [0.1, 0.15) is 0 Å². The number of ether oxygens (including phenoxy) is 2. The lowest BCUT2D eigenvalue weighted by Crippen LogP contribution is -2.06. The normalized spacial score (nSPS) is 18.0. The van der Waals surface area contributed by atoms with E-state index in [0.29, 0.717) is 12.2 Å². The first-order valence-corrected chi connectivity index (χ1v) is 4.52. The molecule has 1 aromatic rings. The third kappa shape index (κ3) is 1.83. The predicted molar refractivity (Wildman–Crippen MR) is 50.5 cm³/mol. The van der Waals surface area contributed by atoms with Crippen LogP contribution in [0, 0.1) is 11.3 Å². The van der Waals surface area contributed by atoms with Crippen LogP contribution in [0.25, 0.3) is 0 Å². The van der Waals surface area contributed by atoms with Crippen molar-refractivity contribution >= 4 is 5.97 Å². The number of carbonyl (C=O) groups is 1. The molecule has 1 aliphatic heterocycles. The van der Waals surface area contributed by atoms with Gasteiger partial charge < -0.3 is 9.47 Å². The smallest absolute Gasteiger partial charge is 0.305 e. The summed E-state index contributed by atoms with van der Waals surface area (Å²) in [5, 5.41) is 8.70. The summed E-state index contributed by atoms with van der Waals surface area (Å²) >= 11 is 0. The first kappa shape index (κ1) is 9.69. The fraction of sp³-hybridized carbons (Fsp3) is 0.273. The van der Waals surface area contributed by atoms with Gasteiger partial charge in [-0.1, -0.05) is 6.07 Å². The van der Waals surface area contributed by atoms with Crippen LogP contribution in [0.15, 0.2) is 18.2 Å². The zero-order valence-corrected chi connectivity index (χ0v) is 8.19. The number of hydrogen-bond acceptors (Lipinski definition) is 4. The van der Waals surface area contributed by atoms with Gasteiger partial charge in [0.15, 0.2) is 0 Å². The van der Waals surface area contributed by atoms with Crippen LogP contribution in [0.5, 0.6) is 0 Å². The topological polar surface area (TPSA) is 59.3 Å². The Labute approximate surface area is 87.0 Å². The average molecular weight is 203 g/mol. The second kappa shape index (κ2) is 3.71. The summed E-state index contributed by atoms with van der Waals surface area (Å²) in [5.41, 5.74) is 2.31. The van der Waals surface area contributed by atoms with E-state index in [9.17, 15) is 4.79 Å². The summed E-state index contributed by atoms with van der Waals surface area (Å²) in [6.45, 7) is 1.72. The predicted octanol–water partition coefficient (Wildman–Crippen LogP) is 1.65. The standard InChI is InChI=1S/C11H9NO3/c1-7(13)15-11-10-3-2-8(5-12)4-9(10)6-14-11/h2-4,11H,6H2,1H3. The molecule has 0 N–H and O–H groups in total. The Kier molecular flexibility index (Phi) is 2.40. The van der Waals surface area contributed by atoms with Gasteiger partial charge in [-0.3, -0.25) is 4.79 Å². The molecule has 4 heteroatoms. The molecule has 1 aromatic carbocycles.